The van der Waals surface area contributed by atoms with E-state index in [1.165, 1.54) is 11.3 Å². The fraction of sp³-hybridized carbons (Fsp3) is 0.522. The number of amides is 1. The number of rotatable bonds is 5. The van der Waals surface area contributed by atoms with Gasteiger partial charge < -0.3 is 9.80 Å². The van der Waals surface area contributed by atoms with Crippen LogP contribution in [0, 0.1) is 0 Å². The van der Waals surface area contributed by atoms with Gasteiger partial charge >= 0.3 is 0 Å². The molecule has 30 heavy (non-hydrogen) atoms. The van der Waals surface area contributed by atoms with Gasteiger partial charge in [0.1, 0.15) is 0 Å². The SMILES string of the molecule is CC[C@@H]1CCCCN1C(=O)C[NH+]1CCN(S(=O)(=O)c2ccc3ccccc3c2)CC1. The molecule has 0 saturated carbocycles. The number of sulfonamides is 1. The van der Waals surface area contributed by atoms with E-state index in [0.717, 1.165) is 36.6 Å². The molecule has 1 N–H and O–H groups in total. The highest BCUT2D eigenvalue weighted by Crippen LogP contribution is 2.22. The molecule has 6 nitrogen and oxygen atoms in total. The van der Waals surface area contributed by atoms with Crippen molar-refractivity contribution < 1.29 is 18.1 Å². The van der Waals surface area contributed by atoms with Crippen molar-refractivity contribution in [3.05, 3.63) is 42.5 Å². The largest absolute Gasteiger partial charge is 0.335 e. The monoisotopic (exact) mass is 430 g/mol. The average molecular weight is 431 g/mol. The average Bonchev–Trinajstić information content (AvgIpc) is 2.79. The Bertz CT molecular complexity index is 1000. The van der Waals surface area contributed by atoms with E-state index in [4.69, 9.17) is 0 Å². The van der Waals surface area contributed by atoms with Crippen molar-refractivity contribution >= 4 is 26.7 Å². The van der Waals surface area contributed by atoms with Gasteiger partial charge in [-0.05, 0) is 48.6 Å². The van der Waals surface area contributed by atoms with Crippen molar-refractivity contribution in [2.45, 2.75) is 43.5 Å². The Balaban J connectivity index is 1.38. The topological polar surface area (TPSA) is 62.1 Å². The fourth-order valence-electron chi connectivity index (χ4n) is 4.77. The van der Waals surface area contributed by atoms with Gasteiger partial charge in [-0.3, -0.25) is 4.79 Å². The highest BCUT2D eigenvalue weighted by Gasteiger charge is 2.33. The molecular formula is C23H32N3O3S+. The molecule has 2 heterocycles. The predicted octanol–water partition coefficient (Wildman–Crippen LogP) is 1.52. The lowest BCUT2D eigenvalue weighted by Gasteiger charge is -2.37. The first-order valence-corrected chi connectivity index (χ1v) is 12.5. The second-order valence-electron chi connectivity index (χ2n) is 8.48. The van der Waals surface area contributed by atoms with E-state index in [1.54, 1.807) is 16.4 Å². The van der Waals surface area contributed by atoms with Crippen molar-refractivity contribution in [2.24, 2.45) is 0 Å². The minimum atomic E-state index is -3.51. The lowest BCUT2D eigenvalue weighted by atomic mass is 10.00. The predicted molar refractivity (Wildman–Crippen MR) is 118 cm³/mol. The van der Waals surface area contributed by atoms with Crippen molar-refractivity contribution in [3.8, 4) is 0 Å². The number of piperidine rings is 1. The van der Waals surface area contributed by atoms with Crippen LogP contribution in [0.5, 0.6) is 0 Å². The number of piperazine rings is 1. The maximum atomic E-state index is 13.1. The van der Waals surface area contributed by atoms with E-state index in [0.29, 0.717) is 43.7 Å². The maximum Gasteiger partial charge on any atom is 0.278 e. The van der Waals surface area contributed by atoms with Crippen LogP contribution in [-0.2, 0) is 14.8 Å². The minimum absolute atomic E-state index is 0.224. The van der Waals surface area contributed by atoms with Crippen LogP contribution in [0.15, 0.2) is 47.4 Å². The van der Waals surface area contributed by atoms with Gasteiger partial charge in [-0.1, -0.05) is 37.3 Å². The van der Waals surface area contributed by atoms with Gasteiger partial charge in [-0.25, -0.2) is 8.42 Å². The molecule has 1 atom stereocenters. The van der Waals surface area contributed by atoms with Crippen molar-refractivity contribution in [2.75, 3.05) is 39.3 Å². The van der Waals surface area contributed by atoms with E-state index < -0.39 is 10.0 Å². The molecule has 7 heteroatoms. The van der Waals surface area contributed by atoms with Crippen LogP contribution in [0.3, 0.4) is 0 Å². The molecule has 1 amide bonds. The molecule has 2 aromatic rings. The van der Waals surface area contributed by atoms with Crippen molar-refractivity contribution in [3.63, 3.8) is 0 Å². The van der Waals surface area contributed by atoms with Gasteiger partial charge in [0.05, 0.1) is 31.1 Å². The molecular weight excluding hydrogens is 398 g/mol. The first-order chi connectivity index (χ1) is 14.5. The molecule has 2 aliphatic rings. The Morgan fingerprint density at radius 2 is 1.77 bits per heavy atom. The zero-order valence-corrected chi connectivity index (χ0v) is 18.5. The van der Waals surface area contributed by atoms with E-state index in [-0.39, 0.29) is 5.91 Å². The van der Waals surface area contributed by atoms with Crippen LogP contribution < -0.4 is 4.90 Å². The number of fused-ring (bicyclic) bond motifs is 1. The van der Waals surface area contributed by atoms with Gasteiger partial charge in [-0.2, -0.15) is 4.31 Å². The molecule has 0 bridgehead atoms. The highest BCUT2D eigenvalue weighted by atomic mass is 32.2. The van der Waals surface area contributed by atoms with Gasteiger partial charge in [0.2, 0.25) is 10.0 Å². The summed E-state index contributed by atoms with van der Waals surface area (Å²) >= 11 is 0. The third kappa shape index (κ3) is 4.38. The van der Waals surface area contributed by atoms with Crippen LogP contribution >= 0.6 is 0 Å². The van der Waals surface area contributed by atoms with E-state index in [9.17, 15) is 13.2 Å². The van der Waals surface area contributed by atoms with Crippen LogP contribution in [-0.4, -0.2) is 68.8 Å². The first kappa shape index (κ1) is 21.3. The summed E-state index contributed by atoms with van der Waals surface area (Å²) in [5.41, 5.74) is 0. The number of quaternary nitrogens is 1. The molecule has 2 saturated heterocycles. The summed E-state index contributed by atoms with van der Waals surface area (Å²) in [6.45, 7) is 5.74. The Hall–Kier alpha value is -1.96. The van der Waals surface area contributed by atoms with Crippen molar-refractivity contribution in [1.82, 2.24) is 9.21 Å². The van der Waals surface area contributed by atoms with E-state index >= 15 is 0 Å². The Morgan fingerprint density at radius 1 is 1.03 bits per heavy atom. The second-order valence-corrected chi connectivity index (χ2v) is 10.4. The second kappa shape index (κ2) is 9.04. The third-order valence-electron chi connectivity index (χ3n) is 6.61. The number of hydrogen-bond donors (Lipinski definition) is 1. The molecule has 2 fully saturated rings. The van der Waals surface area contributed by atoms with Gasteiger partial charge in [-0.15, -0.1) is 0 Å². The normalized spacial score (nSPS) is 21.8. The highest BCUT2D eigenvalue weighted by molar-refractivity contribution is 7.89. The number of nitrogens with zero attached hydrogens (tertiary/aromatic N) is 2. The van der Waals surface area contributed by atoms with Crippen molar-refractivity contribution in [1.29, 1.82) is 0 Å². The van der Waals surface area contributed by atoms with Crippen LogP contribution in [0.4, 0.5) is 0 Å². The Kier molecular flexibility index (Phi) is 6.41. The standard InChI is InChI=1S/C23H31N3O3S/c1-2-21-9-5-6-12-26(21)23(27)18-24-13-15-25(16-14-24)30(28,29)22-11-10-19-7-3-4-8-20(19)17-22/h3-4,7-8,10-11,17,21H,2,5-6,9,12-16,18H2,1H3/p+1/t21-/m1/s1. The summed E-state index contributed by atoms with van der Waals surface area (Å²) in [6.07, 6.45) is 4.42. The van der Waals surface area contributed by atoms with Crippen LogP contribution in [0.1, 0.15) is 32.6 Å². The smallest absolute Gasteiger partial charge is 0.278 e. The molecule has 2 aromatic carbocycles. The molecule has 0 unspecified atom stereocenters. The summed E-state index contributed by atoms with van der Waals surface area (Å²) in [6, 6.07) is 13.5. The lowest BCUT2D eigenvalue weighted by molar-refractivity contribution is -0.896. The van der Waals surface area contributed by atoms with Gasteiger partial charge in [0.15, 0.2) is 6.54 Å². The summed E-state index contributed by atoms with van der Waals surface area (Å²) < 4.78 is 27.8. The quantitative estimate of drug-likeness (QED) is 0.782. The van der Waals surface area contributed by atoms with Crippen LogP contribution in [0.25, 0.3) is 10.8 Å². The molecule has 162 valence electrons. The molecule has 2 aliphatic heterocycles. The molecule has 0 spiro atoms. The first-order valence-electron chi connectivity index (χ1n) is 11.1. The Labute approximate surface area is 179 Å². The maximum absolute atomic E-state index is 13.1. The number of hydrogen-bond acceptors (Lipinski definition) is 3. The summed E-state index contributed by atoms with van der Waals surface area (Å²) in [4.78, 5) is 16.4. The van der Waals surface area contributed by atoms with Crippen LogP contribution in [0.2, 0.25) is 0 Å². The van der Waals surface area contributed by atoms with Gasteiger partial charge in [0.25, 0.3) is 5.91 Å². The molecule has 4 rings (SSSR count). The summed E-state index contributed by atoms with van der Waals surface area (Å²) in [5, 5.41) is 1.97. The zero-order valence-electron chi connectivity index (χ0n) is 17.7. The number of likely N-dealkylation sites (tertiary alicyclic amines) is 1. The van der Waals surface area contributed by atoms with Gasteiger partial charge in [0, 0.05) is 12.6 Å². The number of nitrogens with one attached hydrogen (secondary N) is 1. The zero-order chi connectivity index (χ0) is 21.1. The lowest BCUT2D eigenvalue weighted by Crippen LogP contribution is -3.15. The Morgan fingerprint density at radius 3 is 2.50 bits per heavy atom. The molecule has 0 aliphatic carbocycles. The number of carbonyl (C=O) groups is 1. The number of benzene rings is 2. The van der Waals surface area contributed by atoms with E-state index in [2.05, 4.69) is 11.8 Å². The number of carbonyl (C=O) groups excluding carboxylic acids is 1. The summed E-state index contributed by atoms with van der Waals surface area (Å²) in [7, 11) is -3.51. The minimum Gasteiger partial charge on any atom is -0.335 e. The molecule has 0 radical (unpaired) electrons. The fourth-order valence-corrected chi connectivity index (χ4v) is 6.24. The third-order valence-corrected chi connectivity index (χ3v) is 8.50. The summed E-state index contributed by atoms with van der Waals surface area (Å²) in [5.74, 6) is 0.224. The molecule has 0 aromatic heterocycles. The van der Waals surface area contributed by atoms with E-state index in [1.807, 2.05) is 30.3 Å².